The van der Waals surface area contributed by atoms with E-state index in [-0.39, 0.29) is 46.9 Å². The molecule has 1 N–H and O–H groups in total. The number of hydrogen-bond acceptors (Lipinski definition) is 3. The van der Waals surface area contributed by atoms with Gasteiger partial charge in [0.05, 0.1) is 16.6 Å². The molecule has 30 heavy (non-hydrogen) atoms. The number of alkyl halides is 3. The van der Waals surface area contributed by atoms with Crippen molar-refractivity contribution in [3.8, 4) is 5.75 Å². The maximum absolute atomic E-state index is 13.4. The predicted molar refractivity (Wildman–Crippen MR) is 106 cm³/mol. The molecule has 0 fully saturated rings. The lowest BCUT2D eigenvalue weighted by Crippen LogP contribution is -2.31. The molecule has 9 heteroatoms. The van der Waals surface area contributed by atoms with Crippen molar-refractivity contribution >= 4 is 15.7 Å². The molecule has 3 rings (SSSR count). The second kappa shape index (κ2) is 7.94. The zero-order valence-corrected chi connectivity index (χ0v) is 17.6. The van der Waals surface area contributed by atoms with E-state index in [0.29, 0.717) is 12.0 Å². The van der Waals surface area contributed by atoms with E-state index in [0.717, 1.165) is 12.3 Å². The molecule has 1 aliphatic heterocycles. The van der Waals surface area contributed by atoms with E-state index in [2.05, 4.69) is 0 Å². The molecule has 1 aliphatic rings. The molecular formula is C21H23F3NO4S+. The minimum absolute atomic E-state index is 0.0199. The quantitative estimate of drug-likeness (QED) is 0.575. The largest absolute Gasteiger partial charge is 0.490 e. The molecule has 1 heterocycles. The van der Waals surface area contributed by atoms with Crippen LogP contribution in [0.2, 0.25) is 0 Å². The fourth-order valence-corrected chi connectivity index (χ4v) is 4.12. The fraction of sp³-hybridized carbons (Fsp3) is 0.381. The van der Waals surface area contributed by atoms with Crippen LogP contribution < -0.4 is 4.74 Å². The van der Waals surface area contributed by atoms with Gasteiger partial charge in [-0.2, -0.15) is 17.7 Å². The number of nitrogens with zero attached hydrogens (tertiary/aromatic N) is 1. The minimum Gasteiger partial charge on any atom is -0.490 e. The smallest absolute Gasteiger partial charge is 0.416 e. The maximum Gasteiger partial charge on any atom is 0.416 e. The highest BCUT2D eigenvalue weighted by Crippen LogP contribution is 2.35. The van der Waals surface area contributed by atoms with Crippen LogP contribution in [0.5, 0.6) is 5.75 Å². The second-order valence-electron chi connectivity index (χ2n) is 7.53. The van der Waals surface area contributed by atoms with Crippen LogP contribution in [0.4, 0.5) is 13.2 Å². The summed E-state index contributed by atoms with van der Waals surface area (Å²) >= 11 is 0. The van der Waals surface area contributed by atoms with Gasteiger partial charge in [0.25, 0.3) is 0 Å². The highest BCUT2D eigenvalue weighted by molar-refractivity contribution is 7.90. The number of aliphatic hydroxyl groups excluding tert-OH is 1. The van der Waals surface area contributed by atoms with Crippen molar-refractivity contribution in [2.24, 2.45) is 0 Å². The fourth-order valence-electron chi connectivity index (χ4n) is 3.47. The van der Waals surface area contributed by atoms with Crippen molar-refractivity contribution in [1.82, 2.24) is 0 Å². The van der Waals surface area contributed by atoms with Crippen molar-refractivity contribution in [2.45, 2.75) is 44.0 Å². The summed E-state index contributed by atoms with van der Waals surface area (Å²) in [4.78, 5) is -0.0199. The van der Waals surface area contributed by atoms with Crippen molar-refractivity contribution in [3.63, 3.8) is 0 Å². The molecule has 162 valence electrons. The summed E-state index contributed by atoms with van der Waals surface area (Å²) in [6.07, 6.45) is -3.40. The maximum atomic E-state index is 13.4. The van der Waals surface area contributed by atoms with E-state index in [4.69, 9.17) is 4.74 Å². The molecule has 0 spiro atoms. The first-order valence-corrected chi connectivity index (χ1v) is 11.3. The third-order valence-corrected chi connectivity index (χ3v) is 5.97. The van der Waals surface area contributed by atoms with Crippen LogP contribution in [0, 0.1) is 0 Å². The molecule has 5 nitrogen and oxygen atoms in total. The Morgan fingerprint density at radius 2 is 1.90 bits per heavy atom. The molecule has 2 aromatic carbocycles. The Kier molecular flexibility index (Phi) is 5.86. The number of fused-ring (bicyclic) bond motifs is 1. The summed E-state index contributed by atoms with van der Waals surface area (Å²) in [5.74, 6) is -0.0661. The van der Waals surface area contributed by atoms with Gasteiger partial charge < -0.3 is 9.84 Å². The van der Waals surface area contributed by atoms with Crippen LogP contribution in [0.1, 0.15) is 36.1 Å². The minimum atomic E-state index is -4.51. The van der Waals surface area contributed by atoms with Gasteiger partial charge in [0.15, 0.2) is 22.9 Å². The van der Waals surface area contributed by atoms with E-state index < -0.39 is 21.6 Å². The monoisotopic (exact) mass is 442 g/mol. The number of rotatable bonds is 4. The summed E-state index contributed by atoms with van der Waals surface area (Å²) < 4.78 is 71.4. The summed E-state index contributed by atoms with van der Waals surface area (Å²) in [5.41, 5.74) is 0.0754. The number of halogens is 3. The topological polar surface area (TPSA) is 66.6 Å². The molecule has 2 aromatic rings. The highest BCUT2D eigenvalue weighted by atomic mass is 32.2. The second-order valence-corrected chi connectivity index (χ2v) is 9.55. The van der Waals surface area contributed by atoms with Crippen LogP contribution >= 0.6 is 0 Å². The Hall–Kier alpha value is -2.55. The Morgan fingerprint density at radius 3 is 2.50 bits per heavy atom. The van der Waals surface area contributed by atoms with Crippen molar-refractivity contribution in [3.05, 3.63) is 58.7 Å². The first-order chi connectivity index (χ1) is 13.9. The first-order valence-electron chi connectivity index (χ1n) is 9.38. The lowest BCUT2D eigenvalue weighted by molar-refractivity contribution is -0.554. The number of ether oxygens (including phenoxy) is 1. The van der Waals surface area contributed by atoms with Crippen molar-refractivity contribution in [2.75, 3.05) is 12.8 Å². The van der Waals surface area contributed by atoms with Gasteiger partial charge in [0.1, 0.15) is 11.3 Å². The molecule has 0 saturated carbocycles. The third-order valence-electron chi connectivity index (χ3n) is 4.86. The summed E-state index contributed by atoms with van der Waals surface area (Å²) in [5, 5.41) is 10.9. The Bertz CT molecular complexity index is 1110. The van der Waals surface area contributed by atoms with Crippen molar-refractivity contribution in [1.29, 1.82) is 0 Å². The molecule has 0 unspecified atom stereocenters. The lowest BCUT2D eigenvalue weighted by atomic mass is 9.95. The summed E-state index contributed by atoms with van der Waals surface area (Å²) in [6.45, 7) is 3.68. The zero-order chi connectivity index (χ0) is 22.3. The Labute approximate surface area is 173 Å². The summed E-state index contributed by atoms with van der Waals surface area (Å²) in [6, 6.07) is 8.16. The standard InChI is InChI=1S/C21H22F3NO4S/c1-13(2)29-19-8-7-15(30(3,27)28)11-16(19)20(26)25-10-9-14-5-4-6-18(17(14)12-25)21(22,23)24/h4-8,11,13H,9-10,12H2,1-3H3/p+1. The Morgan fingerprint density at radius 1 is 1.20 bits per heavy atom. The number of aliphatic hydroxyl groups is 1. The predicted octanol–water partition coefficient (Wildman–Crippen LogP) is 3.97. The third kappa shape index (κ3) is 4.61. The van der Waals surface area contributed by atoms with Gasteiger partial charge >= 0.3 is 12.1 Å². The van der Waals surface area contributed by atoms with Crippen LogP contribution in [0.25, 0.3) is 0 Å². The molecule has 0 saturated heterocycles. The van der Waals surface area contributed by atoms with E-state index >= 15 is 0 Å². The SMILES string of the molecule is CC(C)Oc1ccc(S(C)(=O)=O)cc1C(O)=[N+]1CCc2cccc(C(F)(F)F)c2C1. The van der Waals surface area contributed by atoms with Gasteiger partial charge in [-0.25, -0.2) is 8.42 Å². The van der Waals surface area contributed by atoms with E-state index in [1.54, 1.807) is 19.9 Å². The average Bonchev–Trinajstić information content (AvgIpc) is 2.64. The first kappa shape index (κ1) is 22.1. The van der Waals surface area contributed by atoms with E-state index in [9.17, 15) is 26.7 Å². The van der Waals surface area contributed by atoms with Gasteiger partial charge in [-0.05, 0) is 43.7 Å². The van der Waals surface area contributed by atoms with Gasteiger partial charge in [0.2, 0.25) is 0 Å². The molecule has 0 radical (unpaired) electrons. The van der Waals surface area contributed by atoms with Gasteiger partial charge in [0, 0.05) is 18.2 Å². The number of hydrogen-bond donors (Lipinski definition) is 1. The highest BCUT2D eigenvalue weighted by Gasteiger charge is 2.37. The molecule has 0 aliphatic carbocycles. The van der Waals surface area contributed by atoms with E-state index in [1.807, 2.05) is 0 Å². The van der Waals surface area contributed by atoms with Crippen molar-refractivity contribution < 1.29 is 36.0 Å². The van der Waals surface area contributed by atoms with Gasteiger partial charge in [-0.1, -0.05) is 12.1 Å². The van der Waals surface area contributed by atoms with Crippen LogP contribution in [-0.2, 0) is 29.0 Å². The number of sulfone groups is 1. The summed E-state index contributed by atoms with van der Waals surface area (Å²) in [7, 11) is -3.56. The van der Waals surface area contributed by atoms with Crippen LogP contribution in [0.3, 0.4) is 0 Å². The molecule has 0 amide bonds. The molecular weight excluding hydrogens is 419 g/mol. The normalized spacial score (nSPS) is 16.4. The molecule has 0 bridgehead atoms. The van der Waals surface area contributed by atoms with E-state index in [1.165, 1.54) is 28.8 Å². The Balaban J connectivity index is 2.13. The van der Waals surface area contributed by atoms with Gasteiger partial charge in [-0.3, -0.25) is 0 Å². The average molecular weight is 442 g/mol. The lowest BCUT2D eigenvalue weighted by Gasteiger charge is -2.21. The number of benzene rings is 2. The molecule has 0 atom stereocenters. The molecule has 0 aromatic heterocycles. The van der Waals surface area contributed by atoms with Crippen LogP contribution in [0.15, 0.2) is 41.3 Å². The van der Waals surface area contributed by atoms with Crippen LogP contribution in [-0.4, -0.2) is 42.9 Å². The zero-order valence-electron chi connectivity index (χ0n) is 16.8. The van der Waals surface area contributed by atoms with Gasteiger partial charge in [-0.15, -0.1) is 0 Å².